The second kappa shape index (κ2) is 9.94. The smallest absolute Gasteiger partial charge is 0.340 e. The van der Waals surface area contributed by atoms with Gasteiger partial charge in [0.15, 0.2) is 31.9 Å². The van der Waals surface area contributed by atoms with Crippen LogP contribution < -0.4 is 0 Å². The number of carbonyl (C=O) groups excluding carboxylic acids is 1. The molecule has 0 aromatic heterocycles. The number of hydrogen-bond donors (Lipinski definition) is 0. The Labute approximate surface area is 200 Å². The molecule has 0 bridgehead atoms. The summed E-state index contributed by atoms with van der Waals surface area (Å²) in [5.41, 5.74) is -1.08. The lowest BCUT2D eigenvalue weighted by molar-refractivity contribution is 0.0127. The molecule has 5 heteroatoms. The summed E-state index contributed by atoms with van der Waals surface area (Å²) in [5, 5.41) is 0. The zero-order valence-electron chi connectivity index (χ0n) is 18.4. The Morgan fingerprint density at radius 1 is 0.794 bits per heavy atom. The minimum Gasteiger partial charge on any atom is -0.438 e. The number of carbonyl (C=O) groups is 1. The minimum atomic E-state index is -1.57. The Hall–Kier alpha value is -3.88. The van der Waals surface area contributed by atoms with E-state index in [2.05, 4.69) is 30.2 Å². The van der Waals surface area contributed by atoms with Gasteiger partial charge in [-0.05, 0) is 55.5 Å². The van der Waals surface area contributed by atoms with Crippen LogP contribution >= 0.6 is 0 Å². The summed E-state index contributed by atoms with van der Waals surface area (Å²) in [5.74, 6) is -0.322. The van der Waals surface area contributed by atoms with Crippen LogP contribution in [0.25, 0.3) is 0 Å². The molecule has 0 N–H and O–H groups in total. The lowest BCUT2D eigenvalue weighted by atomic mass is 9.96. The van der Waals surface area contributed by atoms with Gasteiger partial charge in [-0.25, -0.2) is 13.6 Å². The molecule has 0 amide bonds. The fourth-order valence-corrected chi connectivity index (χ4v) is 5.61. The van der Waals surface area contributed by atoms with E-state index < -0.39 is 34.1 Å². The molecule has 1 atom stereocenters. The normalized spacial score (nSPS) is 12.6. The highest BCUT2D eigenvalue weighted by Crippen LogP contribution is 2.32. The SMILES string of the molecule is C#CC(C)(OC(=O)c1cccc([S+](c2ccccc2)c2ccccc2)c1)c1ccc(F)c(F)c1. The maximum Gasteiger partial charge on any atom is 0.340 e. The molecule has 2 nitrogen and oxygen atoms in total. The van der Waals surface area contributed by atoms with E-state index in [4.69, 9.17) is 11.2 Å². The summed E-state index contributed by atoms with van der Waals surface area (Å²) in [7, 11) is -0.447. The Kier molecular flexibility index (Phi) is 6.81. The molecule has 0 aliphatic carbocycles. The van der Waals surface area contributed by atoms with Crippen LogP contribution in [-0.2, 0) is 21.2 Å². The number of rotatable bonds is 6. The van der Waals surface area contributed by atoms with Gasteiger partial charge in [-0.1, -0.05) is 54.5 Å². The summed E-state index contributed by atoms with van der Waals surface area (Å²) in [6.07, 6.45) is 5.64. The largest absolute Gasteiger partial charge is 0.438 e. The van der Waals surface area contributed by atoms with Crippen molar-refractivity contribution in [3.8, 4) is 12.3 Å². The fourth-order valence-electron chi connectivity index (χ4n) is 3.48. The number of benzene rings is 4. The van der Waals surface area contributed by atoms with Crippen molar-refractivity contribution in [3.05, 3.63) is 126 Å². The highest BCUT2D eigenvalue weighted by molar-refractivity contribution is 7.97. The molecule has 0 aliphatic rings. The molecule has 4 aromatic carbocycles. The second-order valence-electron chi connectivity index (χ2n) is 7.66. The summed E-state index contributed by atoms with van der Waals surface area (Å²) in [6, 6.07) is 30.5. The van der Waals surface area contributed by atoms with Gasteiger partial charge in [0.2, 0.25) is 0 Å². The first-order chi connectivity index (χ1) is 16.4. The lowest BCUT2D eigenvalue weighted by Crippen LogP contribution is -2.28. The van der Waals surface area contributed by atoms with Crippen molar-refractivity contribution in [2.24, 2.45) is 0 Å². The molecule has 0 spiro atoms. The first-order valence-corrected chi connectivity index (χ1v) is 11.7. The van der Waals surface area contributed by atoms with E-state index in [1.54, 1.807) is 18.2 Å². The summed E-state index contributed by atoms with van der Waals surface area (Å²) < 4.78 is 32.8. The molecule has 4 aromatic rings. The minimum absolute atomic E-state index is 0.173. The van der Waals surface area contributed by atoms with Gasteiger partial charge in [-0.2, -0.15) is 0 Å². The molecule has 0 heterocycles. The van der Waals surface area contributed by atoms with Crippen molar-refractivity contribution >= 4 is 16.9 Å². The van der Waals surface area contributed by atoms with Crippen molar-refractivity contribution in [2.75, 3.05) is 0 Å². The van der Waals surface area contributed by atoms with Crippen LogP contribution in [0.2, 0.25) is 0 Å². The van der Waals surface area contributed by atoms with Crippen molar-refractivity contribution in [1.29, 1.82) is 0 Å². The van der Waals surface area contributed by atoms with Crippen LogP contribution in [0.1, 0.15) is 22.8 Å². The standard InChI is InChI=1S/C29H21F2O2S/c1-3-29(2,22-17-18-26(30)27(31)20-22)33-28(32)21-11-10-16-25(19-21)34(23-12-6-4-7-13-23)24-14-8-5-9-15-24/h1,4-20H,2H3/q+1. The maximum absolute atomic E-state index is 13.8. The van der Waals surface area contributed by atoms with Gasteiger partial charge in [-0.3, -0.25) is 0 Å². The van der Waals surface area contributed by atoms with Gasteiger partial charge in [0.05, 0.1) is 16.5 Å². The molecule has 1 unspecified atom stereocenters. The molecule has 0 radical (unpaired) electrons. The average molecular weight is 472 g/mol. The molecule has 0 saturated heterocycles. The van der Waals surface area contributed by atoms with E-state index in [9.17, 15) is 13.6 Å². The zero-order valence-corrected chi connectivity index (χ0v) is 19.2. The van der Waals surface area contributed by atoms with Gasteiger partial charge in [-0.15, -0.1) is 6.42 Å². The van der Waals surface area contributed by atoms with Gasteiger partial charge < -0.3 is 4.74 Å². The molecule has 0 saturated carbocycles. The summed E-state index contributed by atoms with van der Waals surface area (Å²) >= 11 is 0. The average Bonchev–Trinajstić information content (AvgIpc) is 2.87. The predicted molar refractivity (Wildman–Crippen MR) is 129 cm³/mol. The van der Waals surface area contributed by atoms with E-state index in [0.29, 0.717) is 5.56 Å². The van der Waals surface area contributed by atoms with Crippen LogP contribution in [0.4, 0.5) is 8.78 Å². The van der Waals surface area contributed by atoms with E-state index in [1.165, 1.54) is 13.0 Å². The fraction of sp³-hybridized carbons (Fsp3) is 0.0690. The molecule has 168 valence electrons. The number of esters is 1. The third-order valence-corrected chi connectivity index (χ3v) is 7.52. The number of halogens is 2. The first kappa shape index (κ1) is 23.3. The maximum atomic E-state index is 13.8. The van der Waals surface area contributed by atoms with Gasteiger partial charge >= 0.3 is 5.97 Å². The van der Waals surface area contributed by atoms with E-state index >= 15 is 0 Å². The van der Waals surface area contributed by atoms with Gasteiger partial charge in [0, 0.05) is 11.6 Å². The molecule has 4 rings (SSSR count). The first-order valence-electron chi connectivity index (χ1n) is 10.5. The van der Waals surface area contributed by atoms with Crippen LogP contribution in [-0.4, -0.2) is 5.97 Å². The zero-order chi connectivity index (χ0) is 24.1. The second-order valence-corrected chi connectivity index (χ2v) is 9.68. The van der Waals surface area contributed by atoms with Crippen LogP contribution in [0.3, 0.4) is 0 Å². The molecular weight excluding hydrogens is 450 g/mol. The van der Waals surface area contributed by atoms with Crippen LogP contribution in [0.5, 0.6) is 0 Å². The monoisotopic (exact) mass is 471 g/mol. The van der Waals surface area contributed by atoms with Crippen molar-refractivity contribution < 1.29 is 18.3 Å². The Morgan fingerprint density at radius 2 is 1.38 bits per heavy atom. The number of ether oxygens (including phenoxy) is 1. The topological polar surface area (TPSA) is 26.3 Å². The highest BCUT2D eigenvalue weighted by Gasteiger charge is 2.32. The molecule has 0 fully saturated rings. The molecular formula is C29H21F2O2S+. The van der Waals surface area contributed by atoms with E-state index in [1.807, 2.05) is 42.5 Å². The van der Waals surface area contributed by atoms with Crippen molar-refractivity contribution in [3.63, 3.8) is 0 Å². The van der Waals surface area contributed by atoms with Crippen molar-refractivity contribution in [2.45, 2.75) is 27.2 Å². The predicted octanol–water partition coefficient (Wildman–Crippen LogP) is 6.77. The van der Waals surface area contributed by atoms with Gasteiger partial charge in [0.25, 0.3) is 0 Å². The molecule has 34 heavy (non-hydrogen) atoms. The number of hydrogen-bond acceptors (Lipinski definition) is 2. The third-order valence-electron chi connectivity index (χ3n) is 5.31. The summed E-state index contributed by atoms with van der Waals surface area (Å²) in [4.78, 5) is 16.3. The van der Waals surface area contributed by atoms with E-state index in [-0.39, 0.29) is 5.56 Å². The van der Waals surface area contributed by atoms with Gasteiger partial charge in [0.1, 0.15) is 0 Å². The lowest BCUT2D eigenvalue weighted by Gasteiger charge is -2.24. The Balaban J connectivity index is 1.69. The number of terminal acetylenes is 1. The van der Waals surface area contributed by atoms with E-state index in [0.717, 1.165) is 26.8 Å². The van der Waals surface area contributed by atoms with Crippen LogP contribution in [0, 0.1) is 24.0 Å². The van der Waals surface area contributed by atoms with Crippen molar-refractivity contribution in [1.82, 2.24) is 0 Å². The Morgan fingerprint density at radius 3 is 1.94 bits per heavy atom. The summed E-state index contributed by atoms with van der Waals surface area (Å²) in [6.45, 7) is 1.47. The molecule has 0 aliphatic heterocycles. The Bertz CT molecular complexity index is 1310. The third kappa shape index (κ3) is 4.88. The highest BCUT2D eigenvalue weighted by atomic mass is 32.2. The quantitative estimate of drug-likeness (QED) is 0.176. The van der Waals surface area contributed by atoms with Crippen LogP contribution in [0.15, 0.2) is 118 Å².